The lowest BCUT2D eigenvalue weighted by Crippen LogP contribution is -2.45. The van der Waals surface area contributed by atoms with Crippen molar-refractivity contribution in [1.29, 1.82) is 0 Å². The molecular weight excluding hydrogens is 212 g/mol. The van der Waals surface area contributed by atoms with Gasteiger partial charge in [-0.1, -0.05) is 0 Å². The number of nitrogens with two attached hydrogens (primary N) is 1. The highest BCUT2D eigenvalue weighted by Gasteiger charge is 2.31. The van der Waals surface area contributed by atoms with Crippen LogP contribution in [0.15, 0.2) is 0 Å². The third-order valence-corrected chi connectivity index (χ3v) is 2.72. The second-order valence-electron chi connectivity index (χ2n) is 4.27. The molecule has 0 radical (unpaired) electrons. The molecule has 0 aromatic rings. The van der Waals surface area contributed by atoms with Crippen molar-refractivity contribution in [3.63, 3.8) is 0 Å². The van der Waals surface area contributed by atoms with Crippen molar-refractivity contribution in [2.24, 2.45) is 5.73 Å². The molecule has 1 unspecified atom stereocenters. The normalized spacial score (nSPS) is 20.0. The van der Waals surface area contributed by atoms with Crippen molar-refractivity contribution in [3.05, 3.63) is 0 Å². The summed E-state index contributed by atoms with van der Waals surface area (Å²) in [4.78, 5) is 34.3. The van der Waals surface area contributed by atoms with E-state index < -0.39 is 11.5 Å². The summed E-state index contributed by atoms with van der Waals surface area (Å²) in [6.45, 7) is 1.68. The van der Waals surface area contributed by atoms with Crippen LogP contribution in [0.5, 0.6) is 0 Å². The molecule has 6 nitrogen and oxygen atoms in total. The van der Waals surface area contributed by atoms with Crippen molar-refractivity contribution >= 4 is 17.8 Å². The van der Waals surface area contributed by atoms with Crippen LogP contribution in [0.2, 0.25) is 0 Å². The van der Waals surface area contributed by atoms with Crippen LogP contribution in [0.3, 0.4) is 0 Å². The van der Waals surface area contributed by atoms with Gasteiger partial charge in [-0.25, -0.2) is 0 Å². The topological polar surface area (TPSA) is 101 Å². The Morgan fingerprint density at radius 3 is 2.38 bits per heavy atom. The quantitative estimate of drug-likeness (QED) is 0.630. The number of rotatable bonds is 5. The molecule has 1 aliphatic rings. The first kappa shape index (κ1) is 12.6. The molecule has 1 fully saturated rings. The number of likely N-dealkylation sites (tertiary alicyclic amines) is 1. The summed E-state index contributed by atoms with van der Waals surface area (Å²) in [7, 11) is 0. The maximum atomic E-state index is 11.2. The zero-order valence-electron chi connectivity index (χ0n) is 9.23. The van der Waals surface area contributed by atoms with Crippen molar-refractivity contribution in [2.75, 3.05) is 6.54 Å². The Kier molecular flexibility index (Phi) is 3.64. The van der Waals surface area contributed by atoms with Gasteiger partial charge in [0.15, 0.2) is 0 Å². The monoisotopic (exact) mass is 228 g/mol. The zero-order chi connectivity index (χ0) is 12.3. The number of carbonyl (C=O) groups is 3. The minimum atomic E-state index is -1.30. The third kappa shape index (κ3) is 2.79. The Hall–Kier alpha value is -1.43. The first-order valence-corrected chi connectivity index (χ1v) is 5.20. The van der Waals surface area contributed by atoms with Crippen molar-refractivity contribution in [3.8, 4) is 0 Å². The van der Waals surface area contributed by atoms with Gasteiger partial charge in [0.25, 0.3) is 0 Å². The Morgan fingerprint density at radius 2 is 1.94 bits per heavy atom. The van der Waals surface area contributed by atoms with E-state index in [0.717, 1.165) is 0 Å². The molecular formula is C10H16N2O4. The molecule has 0 aliphatic carbocycles. The van der Waals surface area contributed by atoms with E-state index in [0.29, 0.717) is 6.42 Å². The molecule has 1 heterocycles. The SMILES string of the molecule is CC(N)(CCCN1C(=O)CCC1=O)C(=O)O. The standard InChI is InChI=1S/C10H16N2O4/c1-10(11,9(15)16)5-2-6-12-7(13)3-4-8(12)14/h2-6,11H2,1H3,(H,15,16). The molecule has 16 heavy (non-hydrogen) atoms. The van der Waals surface area contributed by atoms with E-state index in [1.807, 2.05) is 0 Å². The molecule has 1 rings (SSSR count). The van der Waals surface area contributed by atoms with Crippen LogP contribution >= 0.6 is 0 Å². The lowest BCUT2D eigenvalue weighted by molar-refractivity contribution is -0.142. The number of hydrogen-bond donors (Lipinski definition) is 2. The molecule has 6 heteroatoms. The number of amides is 2. The average Bonchev–Trinajstić information content (AvgIpc) is 2.48. The number of nitrogens with zero attached hydrogens (tertiary/aromatic N) is 1. The molecule has 3 N–H and O–H groups in total. The molecule has 2 amide bonds. The number of aliphatic carboxylic acids is 1. The number of imide groups is 1. The Labute approximate surface area is 93.4 Å². The van der Waals surface area contributed by atoms with Crippen LogP contribution in [-0.2, 0) is 14.4 Å². The van der Waals surface area contributed by atoms with Gasteiger partial charge in [-0.05, 0) is 19.8 Å². The second kappa shape index (κ2) is 4.61. The van der Waals surface area contributed by atoms with E-state index in [4.69, 9.17) is 10.8 Å². The summed E-state index contributed by atoms with van der Waals surface area (Å²) < 4.78 is 0. The second-order valence-corrected chi connectivity index (χ2v) is 4.27. The van der Waals surface area contributed by atoms with Gasteiger partial charge in [0.05, 0.1) is 0 Å². The molecule has 0 aromatic heterocycles. The lowest BCUT2D eigenvalue weighted by atomic mass is 9.97. The zero-order valence-corrected chi connectivity index (χ0v) is 9.23. The van der Waals surface area contributed by atoms with Gasteiger partial charge in [-0.3, -0.25) is 19.3 Å². The van der Waals surface area contributed by atoms with Crippen LogP contribution in [0.4, 0.5) is 0 Å². The van der Waals surface area contributed by atoms with E-state index in [1.165, 1.54) is 11.8 Å². The van der Waals surface area contributed by atoms with Gasteiger partial charge in [0.2, 0.25) is 11.8 Å². The first-order chi connectivity index (χ1) is 7.34. The molecule has 0 aromatic carbocycles. The predicted octanol–water partition coefficient (Wildman–Crippen LogP) is -0.282. The maximum absolute atomic E-state index is 11.2. The number of hydrogen-bond acceptors (Lipinski definition) is 4. The minimum absolute atomic E-state index is 0.181. The van der Waals surface area contributed by atoms with E-state index in [1.54, 1.807) is 0 Å². The molecule has 0 spiro atoms. The smallest absolute Gasteiger partial charge is 0.323 e. The summed E-state index contributed by atoms with van der Waals surface area (Å²) >= 11 is 0. The summed E-state index contributed by atoms with van der Waals surface area (Å²) in [6.07, 6.45) is 1.17. The number of carboxylic acid groups (broad SMARTS) is 1. The molecule has 1 saturated heterocycles. The summed E-state index contributed by atoms with van der Waals surface area (Å²) in [5, 5.41) is 8.76. The summed E-state index contributed by atoms with van der Waals surface area (Å²) in [6, 6.07) is 0. The van der Waals surface area contributed by atoms with E-state index in [2.05, 4.69) is 0 Å². The first-order valence-electron chi connectivity index (χ1n) is 5.20. The highest BCUT2D eigenvalue weighted by molar-refractivity contribution is 6.01. The highest BCUT2D eigenvalue weighted by Crippen LogP contribution is 2.15. The van der Waals surface area contributed by atoms with Crippen LogP contribution < -0.4 is 5.73 Å². The minimum Gasteiger partial charge on any atom is -0.480 e. The Balaban J connectivity index is 2.38. The van der Waals surface area contributed by atoms with Gasteiger partial charge < -0.3 is 10.8 Å². The van der Waals surface area contributed by atoms with Gasteiger partial charge in [-0.15, -0.1) is 0 Å². The molecule has 90 valence electrons. The van der Waals surface area contributed by atoms with E-state index in [9.17, 15) is 14.4 Å². The van der Waals surface area contributed by atoms with Crippen molar-refractivity contribution < 1.29 is 19.5 Å². The van der Waals surface area contributed by atoms with Crippen LogP contribution in [0, 0.1) is 0 Å². The fraction of sp³-hybridized carbons (Fsp3) is 0.700. The van der Waals surface area contributed by atoms with E-state index in [-0.39, 0.29) is 37.6 Å². The molecule has 1 aliphatic heterocycles. The third-order valence-electron chi connectivity index (χ3n) is 2.72. The summed E-state index contributed by atoms with van der Waals surface area (Å²) in [5.74, 6) is -1.44. The number of carbonyl (C=O) groups excluding carboxylic acids is 2. The van der Waals surface area contributed by atoms with Crippen LogP contribution in [-0.4, -0.2) is 39.9 Å². The van der Waals surface area contributed by atoms with Crippen LogP contribution in [0.1, 0.15) is 32.6 Å². The van der Waals surface area contributed by atoms with Gasteiger partial charge in [0, 0.05) is 19.4 Å². The van der Waals surface area contributed by atoms with E-state index >= 15 is 0 Å². The molecule has 1 atom stereocenters. The maximum Gasteiger partial charge on any atom is 0.323 e. The Morgan fingerprint density at radius 1 is 1.44 bits per heavy atom. The van der Waals surface area contributed by atoms with Gasteiger partial charge in [0.1, 0.15) is 5.54 Å². The average molecular weight is 228 g/mol. The van der Waals surface area contributed by atoms with Crippen molar-refractivity contribution in [1.82, 2.24) is 4.90 Å². The highest BCUT2D eigenvalue weighted by atomic mass is 16.4. The van der Waals surface area contributed by atoms with Gasteiger partial charge >= 0.3 is 5.97 Å². The predicted molar refractivity (Wildman–Crippen MR) is 55.4 cm³/mol. The number of carboxylic acids is 1. The Bertz CT molecular complexity index is 309. The fourth-order valence-electron chi connectivity index (χ4n) is 1.58. The molecule has 0 saturated carbocycles. The fourth-order valence-corrected chi connectivity index (χ4v) is 1.58. The summed E-state index contributed by atoms with van der Waals surface area (Å²) in [5.41, 5.74) is 4.23. The largest absolute Gasteiger partial charge is 0.480 e. The lowest BCUT2D eigenvalue weighted by Gasteiger charge is -2.20. The molecule has 0 bridgehead atoms. The van der Waals surface area contributed by atoms with Crippen molar-refractivity contribution in [2.45, 2.75) is 38.1 Å². The van der Waals surface area contributed by atoms with Crippen LogP contribution in [0.25, 0.3) is 0 Å². The van der Waals surface area contributed by atoms with Gasteiger partial charge in [-0.2, -0.15) is 0 Å².